The van der Waals surface area contributed by atoms with Crippen LogP contribution in [0.5, 0.6) is 0 Å². The highest BCUT2D eigenvalue weighted by atomic mass is 16.5. The van der Waals surface area contributed by atoms with Gasteiger partial charge in [-0.05, 0) is 61.4 Å². The fraction of sp³-hybridized carbons (Fsp3) is 0.609. The maximum absolute atomic E-state index is 14.5. The molecule has 332 valence electrons. The van der Waals surface area contributed by atoms with Crippen molar-refractivity contribution in [3.05, 3.63) is 78.1 Å². The smallest absolute Gasteiger partial charge is 0.328 e. The van der Waals surface area contributed by atoms with Crippen LogP contribution in [-0.2, 0) is 51.1 Å². The van der Waals surface area contributed by atoms with E-state index in [1.165, 1.54) is 21.3 Å². The summed E-state index contributed by atoms with van der Waals surface area (Å²) in [5, 5.41) is 5.93. The number of amides is 4. The Morgan fingerprint density at radius 2 is 1.52 bits per heavy atom. The minimum atomic E-state index is -0.906. The van der Waals surface area contributed by atoms with Gasteiger partial charge in [0, 0.05) is 53.2 Å². The second kappa shape index (κ2) is 24.0. The molecular weight excluding hydrogens is 765 g/mol. The second-order valence-electron chi connectivity index (χ2n) is 16.6. The largest absolute Gasteiger partial charge is 0.467 e. The first kappa shape index (κ1) is 49.7. The fourth-order valence-corrected chi connectivity index (χ4v) is 8.38. The fourth-order valence-electron chi connectivity index (χ4n) is 8.38. The van der Waals surface area contributed by atoms with Gasteiger partial charge in [0.05, 0.1) is 49.8 Å². The molecule has 1 aliphatic rings. The predicted octanol–water partition coefficient (Wildman–Crippen LogP) is 4.42. The number of ether oxygens (including phenoxy) is 3. The number of hydrogen-bond acceptors (Lipinski definition) is 10. The molecule has 3 rings (SSSR count). The zero-order chi connectivity index (χ0) is 44.7. The van der Waals surface area contributed by atoms with E-state index in [2.05, 4.69) is 22.2 Å². The van der Waals surface area contributed by atoms with Crippen LogP contribution in [0, 0.1) is 17.8 Å². The Bertz CT molecular complexity index is 1710. The number of esters is 1. The average molecular weight is 835 g/mol. The van der Waals surface area contributed by atoms with Gasteiger partial charge < -0.3 is 34.6 Å². The number of nitrogens with one attached hydrogen (secondary N) is 2. The molecule has 1 fully saturated rings. The van der Waals surface area contributed by atoms with Crippen LogP contribution in [0.2, 0.25) is 0 Å². The van der Waals surface area contributed by atoms with Gasteiger partial charge in [-0.2, -0.15) is 0 Å². The van der Waals surface area contributed by atoms with Gasteiger partial charge in [0.25, 0.3) is 0 Å². The van der Waals surface area contributed by atoms with E-state index in [1.54, 1.807) is 36.2 Å². The van der Waals surface area contributed by atoms with Crippen LogP contribution in [0.15, 0.2) is 67.0 Å². The van der Waals surface area contributed by atoms with Crippen LogP contribution in [0.1, 0.15) is 78.4 Å². The average Bonchev–Trinajstić information content (AvgIpc) is 3.72. The molecule has 1 saturated heterocycles. The molecule has 14 heteroatoms. The summed E-state index contributed by atoms with van der Waals surface area (Å²) in [6.45, 7) is 16.7. The van der Waals surface area contributed by atoms with Crippen molar-refractivity contribution in [1.82, 2.24) is 30.3 Å². The van der Waals surface area contributed by atoms with Gasteiger partial charge in [0.1, 0.15) is 12.1 Å². The van der Waals surface area contributed by atoms with Gasteiger partial charge in [-0.15, -0.1) is 0 Å². The number of carbonyl (C=O) groups excluding carboxylic acids is 5. The maximum Gasteiger partial charge on any atom is 0.328 e. The van der Waals surface area contributed by atoms with Gasteiger partial charge in [-0.1, -0.05) is 84.0 Å². The number of pyridine rings is 1. The highest BCUT2D eigenvalue weighted by Gasteiger charge is 2.43. The van der Waals surface area contributed by atoms with Gasteiger partial charge in [0.2, 0.25) is 23.6 Å². The Morgan fingerprint density at radius 3 is 2.07 bits per heavy atom. The lowest BCUT2D eigenvalue weighted by Crippen LogP contribution is -2.59. The summed E-state index contributed by atoms with van der Waals surface area (Å²) >= 11 is 0. The number of methoxy groups -OCH3 is 3. The number of likely N-dealkylation sites (tertiary alicyclic amines) is 1. The van der Waals surface area contributed by atoms with Crippen LogP contribution in [-0.4, -0.2) is 134 Å². The molecule has 1 aromatic carbocycles. The van der Waals surface area contributed by atoms with Crippen LogP contribution >= 0.6 is 0 Å². The molecule has 0 radical (unpaired) electrons. The molecule has 2 aromatic rings. The zero-order valence-corrected chi connectivity index (χ0v) is 37.7. The number of carbonyl (C=O) groups is 5. The van der Waals surface area contributed by atoms with Crippen molar-refractivity contribution >= 4 is 29.6 Å². The van der Waals surface area contributed by atoms with Crippen molar-refractivity contribution in [2.75, 3.05) is 42.0 Å². The number of aromatic nitrogens is 1. The number of rotatable bonds is 23. The summed E-state index contributed by atoms with van der Waals surface area (Å²) in [6.07, 6.45) is 4.02. The zero-order valence-electron chi connectivity index (χ0n) is 37.7. The van der Waals surface area contributed by atoms with Gasteiger partial charge in [-0.25, -0.2) is 4.79 Å². The summed E-state index contributed by atoms with van der Waals surface area (Å²) in [5.41, 5.74) is 2.58. The van der Waals surface area contributed by atoms with E-state index < -0.39 is 60.2 Å². The van der Waals surface area contributed by atoms with E-state index in [0.717, 1.165) is 11.1 Å². The van der Waals surface area contributed by atoms with Crippen molar-refractivity contribution in [2.24, 2.45) is 17.8 Å². The first-order chi connectivity index (χ1) is 28.5. The van der Waals surface area contributed by atoms with E-state index in [9.17, 15) is 24.0 Å². The number of benzene rings is 1. The summed E-state index contributed by atoms with van der Waals surface area (Å²) in [7, 11) is 7.88. The third-order valence-corrected chi connectivity index (χ3v) is 11.7. The van der Waals surface area contributed by atoms with Gasteiger partial charge in [0.15, 0.2) is 0 Å². The van der Waals surface area contributed by atoms with Crippen LogP contribution in [0.25, 0.3) is 0 Å². The monoisotopic (exact) mass is 835 g/mol. The number of nitrogens with zero attached hydrogens (tertiary/aromatic N) is 4. The minimum Gasteiger partial charge on any atom is -0.467 e. The summed E-state index contributed by atoms with van der Waals surface area (Å²) in [5.74, 6) is -2.76. The highest BCUT2D eigenvalue weighted by Crippen LogP contribution is 2.29. The van der Waals surface area contributed by atoms with E-state index in [4.69, 9.17) is 14.2 Å². The van der Waals surface area contributed by atoms with E-state index in [-0.39, 0.29) is 42.4 Å². The molecule has 1 aliphatic heterocycles. The SMILES string of the molecule is C=C(CC)[C@@H](C(CC(=O)N1CCCC1[C@H](OC)[C@@H](C)C(=O)N[C@@H](Cc1ccccc1)C(=O)OC)OC)N(C)C(=O)[C@@H](NC(=O)[C@H](C(C)C)N(C)Cc1ccncc1)C(C)C. The third-order valence-electron chi connectivity index (χ3n) is 11.7. The quantitative estimate of drug-likeness (QED) is 0.121. The Hall–Kier alpha value is -4.66. The first-order valence-corrected chi connectivity index (χ1v) is 21.1. The third kappa shape index (κ3) is 13.2. The van der Waals surface area contributed by atoms with Crippen molar-refractivity contribution in [3.8, 4) is 0 Å². The maximum atomic E-state index is 14.5. The van der Waals surface area contributed by atoms with Gasteiger partial charge in [-0.3, -0.25) is 29.1 Å². The first-order valence-electron chi connectivity index (χ1n) is 21.1. The Kier molecular flexibility index (Phi) is 19.8. The number of likely N-dealkylation sites (N-methyl/N-ethyl adjacent to an activating group) is 2. The molecule has 2 N–H and O–H groups in total. The molecule has 0 aliphatic carbocycles. The van der Waals surface area contributed by atoms with E-state index in [1.807, 2.05) is 89.0 Å². The highest BCUT2D eigenvalue weighted by molar-refractivity contribution is 5.90. The minimum absolute atomic E-state index is 0.0464. The van der Waals surface area contributed by atoms with E-state index in [0.29, 0.717) is 37.9 Å². The molecule has 2 unspecified atom stereocenters. The molecule has 8 atom stereocenters. The second-order valence-corrected chi connectivity index (χ2v) is 16.6. The molecule has 2 heterocycles. The van der Waals surface area contributed by atoms with Crippen molar-refractivity contribution in [1.29, 1.82) is 0 Å². The lowest BCUT2D eigenvalue weighted by Gasteiger charge is -2.39. The molecule has 14 nitrogen and oxygen atoms in total. The Balaban J connectivity index is 1.79. The molecule has 0 saturated carbocycles. The topological polar surface area (TPSA) is 160 Å². The molecule has 4 amide bonds. The molecule has 0 spiro atoms. The predicted molar refractivity (Wildman–Crippen MR) is 231 cm³/mol. The standard InChI is InChI=1S/C46H70N6O8/c1-13-31(6)41(51(9)45(56)39(29(2)3)49-44(55)40(30(4)5)50(8)28-34-21-23-47-24-22-34)37(58-10)27-38(53)52-25-17-20-36(52)42(59-11)32(7)43(54)48-35(46(57)60-12)26-33-18-15-14-16-19-33/h14-16,18-19,21-24,29-30,32,35-37,39-42H,6,13,17,20,25-28H2,1-5,7-12H3,(H,48,54)(H,49,55)/t32-,35+,36?,37?,39+,40+,41+,42-/m1/s1. The van der Waals surface area contributed by atoms with Crippen LogP contribution < -0.4 is 10.6 Å². The van der Waals surface area contributed by atoms with Crippen molar-refractivity contribution in [2.45, 2.75) is 123 Å². The molecule has 1 aromatic heterocycles. The van der Waals surface area contributed by atoms with Crippen molar-refractivity contribution in [3.63, 3.8) is 0 Å². The Morgan fingerprint density at radius 1 is 0.867 bits per heavy atom. The lowest BCUT2D eigenvalue weighted by molar-refractivity contribution is -0.147. The lowest BCUT2D eigenvalue weighted by atomic mass is 9.92. The Labute approximate surface area is 357 Å². The van der Waals surface area contributed by atoms with Crippen molar-refractivity contribution < 1.29 is 38.2 Å². The van der Waals surface area contributed by atoms with E-state index >= 15 is 0 Å². The molecule has 0 bridgehead atoms. The molecular formula is C46H70N6O8. The normalized spacial score (nSPS) is 17.6. The summed E-state index contributed by atoms with van der Waals surface area (Å²) < 4.78 is 17.0. The van der Waals surface area contributed by atoms with Crippen LogP contribution in [0.3, 0.4) is 0 Å². The number of hydrogen-bond donors (Lipinski definition) is 2. The van der Waals surface area contributed by atoms with Crippen LogP contribution in [0.4, 0.5) is 0 Å². The summed E-state index contributed by atoms with van der Waals surface area (Å²) in [6, 6.07) is 9.79. The summed E-state index contributed by atoms with van der Waals surface area (Å²) in [4.78, 5) is 78.6. The van der Waals surface area contributed by atoms with Gasteiger partial charge >= 0.3 is 5.97 Å². The molecule has 60 heavy (non-hydrogen) atoms.